The van der Waals surface area contributed by atoms with Gasteiger partial charge in [0.15, 0.2) is 0 Å². The number of morpholine rings is 1. The number of carboxylic acids is 1. The van der Waals surface area contributed by atoms with Crippen LogP contribution in [0.2, 0.25) is 0 Å². The molecule has 0 aromatic rings. The molecule has 1 unspecified atom stereocenters. The zero-order valence-corrected chi connectivity index (χ0v) is 17.7. The standard InChI is InChI=1S/C21H36N2O4/c1-7-27-19-18(20(24)25)15(2)13-17(22-11-12-26-14-16(22)3)23(19)10-8-9-21(4,5)6/h13,16-17H,7-12,14H2,1-6H3,(H,24,25)/t16-,17?/m1/s1. The number of hydrogen-bond donors (Lipinski definition) is 1. The molecular formula is C21H36N2O4. The van der Waals surface area contributed by atoms with Gasteiger partial charge in [0.1, 0.15) is 11.7 Å². The van der Waals surface area contributed by atoms with E-state index in [1.165, 1.54) is 0 Å². The molecule has 27 heavy (non-hydrogen) atoms. The Hall–Kier alpha value is -1.53. The Bertz CT molecular complexity index is 591. The van der Waals surface area contributed by atoms with E-state index in [0.29, 0.717) is 25.7 Å². The first-order valence-corrected chi connectivity index (χ1v) is 10.0. The fraction of sp³-hybridized carbons (Fsp3) is 0.762. The maximum absolute atomic E-state index is 11.9. The Morgan fingerprint density at radius 3 is 2.67 bits per heavy atom. The molecule has 2 heterocycles. The lowest BCUT2D eigenvalue weighted by Gasteiger charge is -2.46. The lowest BCUT2D eigenvalue weighted by Crippen LogP contribution is -2.56. The summed E-state index contributed by atoms with van der Waals surface area (Å²) in [6.07, 6.45) is 4.12. The highest BCUT2D eigenvalue weighted by Gasteiger charge is 2.37. The summed E-state index contributed by atoms with van der Waals surface area (Å²) in [5, 5.41) is 9.79. The third-order valence-electron chi connectivity index (χ3n) is 5.17. The van der Waals surface area contributed by atoms with Crippen LogP contribution in [0.25, 0.3) is 0 Å². The second-order valence-electron chi connectivity index (χ2n) is 8.70. The van der Waals surface area contributed by atoms with Crippen molar-refractivity contribution in [2.45, 2.75) is 66.6 Å². The molecule has 2 aliphatic rings. The topological polar surface area (TPSA) is 62.2 Å². The van der Waals surface area contributed by atoms with E-state index in [4.69, 9.17) is 9.47 Å². The number of carboxylic acid groups (broad SMARTS) is 1. The molecule has 6 heteroatoms. The summed E-state index contributed by atoms with van der Waals surface area (Å²) in [5.41, 5.74) is 1.29. The molecule has 1 fully saturated rings. The molecule has 0 radical (unpaired) electrons. The molecule has 0 amide bonds. The predicted octanol–water partition coefficient (Wildman–Crippen LogP) is 3.45. The van der Waals surface area contributed by atoms with Gasteiger partial charge in [0, 0.05) is 19.1 Å². The minimum atomic E-state index is -0.929. The van der Waals surface area contributed by atoms with E-state index in [2.05, 4.69) is 43.6 Å². The highest BCUT2D eigenvalue weighted by atomic mass is 16.5. The van der Waals surface area contributed by atoms with Crippen LogP contribution in [0, 0.1) is 5.41 Å². The number of rotatable bonds is 7. The number of nitrogens with zero attached hydrogens (tertiary/aromatic N) is 2. The summed E-state index contributed by atoms with van der Waals surface area (Å²) in [4.78, 5) is 16.5. The van der Waals surface area contributed by atoms with Crippen LogP contribution in [0.15, 0.2) is 23.1 Å². The minimum absolute atomic E-state index is 0.00600. The maximum Gasteiger partial charge on any atom is 0.341 e. The van der Waals surface area contributed by atoms with E-state index in [1.54, 1.807) is 0 Å². The Morgan fingerprint density at radius 1 is 1.41 bits per heavy atom. The summed E-state index contributed by atoms with van der Waals surface area (Å²) in [6, 6.07) is 0.271. The van der Waals surface area contributed by atoms with Crippen LogP contribution < -0.4 is 0 Å². The lowest BCUT2D eigenvalue weighted by molar-refractivity contribution is -0.133. The van der Waals surface area contributed by atoms with Crippen molar-refractivity contribution in [1.82, 2.24) is 9.80 Å². The van der Waals surface area contributed by atoms with Gasteiger partial charge in [0.05, 0.1) is 19.8 Å². The number of hydrogen-bond acceptors (Lipinski definition) is 5. The molecular weight excluding hydrogens is 344 g/mol. The quantitative estimate of drug-likeness (QED) is 0.730. The summed E-state index contributed by atoms with van der Waals surface area (Å²) >= 11 is 0. The van der Waals surface area contributed by atoms with Crippen molar-refractivity contribution in [2.75, 3.05) is 32.9 Å². The van der Waals surface area contributed by atoms with Gasteiger partial charge in [0.25, 0.3) is 0 Å². The van der Waals surface area contributed by atoms with Crippen LogP contribution in [-0.2, 0) is 14.3 Å². The van der Waals surface area contributed by atoms with Gasteiger partial charge in [-0.2, -0.15) is 0 Å². The lowest BCUT2D eigenvalue weighted by atomic mass is 9.90. The van der Waals surface area contributed by atoms with Crippen LogP contribution in [0.1, 0.15) is 54.4 Å². The normalized spacial score (nSPS) is 24.8. The van der Waals surface area contributed by atoms with E-state index in [9.17, 15) is 9.90 Å². The van der Waals surface area contributed by atoms with Crippen molar-refractivity contribution < 1.29 is 19.4 Å². The van der Waals surface area contributed by atoms with Gasteiger partial charge in [-0.1, -0.05) is 20.8 Å². The zero-order chi connectivity index (χ0) is 20.2. The minimum Gasteiger partial charge on any atom is -0.479 e. The summed E-state index contributed by atoms with van der Waals surface area (Å²) in [5.74, 6) is -0.427. The van der Waals surface area contributed by atoms with Crippen LogP contribution in [0.5, 0.6) is 0 Å². The molecule has 6 nitrogen and oxygen atoms in total. The van der Waals surface area contributed by atoms with Crippen LogP contribution in [0.3, 0.4) is 0 Å². The summed E-state index contributed by atoms with van der Waals surface area (Å²) in [7, 11) is 0. The monoisotopic (exact) mass is 380 g/mol. The van der Waals surface area contributed by atoms with E-state index in [1.807, 2.05) is 13.8 Å². The second-order valence-corrected chi connectivity index (χ2v) is 8.70. The fourth-order valence-corrected chi connectivity index (χ4v) is 3.80. The molecule has 0 aromatic heterocycles. The summed E-state index contributed by atoms with van der Waals surface area (Å²) < 4.78 is 11.5. The molecule has 1 saturated heterocycles. The largest absolute Gasteiger partial charge is 0.479 e. The average molecular weight is 381 g/mol. The molecule has 0 aromatic carbocycles. The van der Waals surface area contributed by atoms with Crippen molar-refractivity contribution >= 4 is 5.97 Å². The first-order valence-electron chi connectivity index (χ1n) is 10.0. The van der Waals surface area contributed by atoms with Gasteiger partial charge in [0.2, 0.25) is 5.88 Å². The molecule has 1 N–H and O–H groups in total. The smallest absolute Gasteiger partial charge is 0.341 e. The van der Waals surface area contributed by atoms with Crippen molar-refractivity contribution in [3.63, 3.8) is 0 Å². The SMILES string of the molecule is CCOC1=C(C(=O)O)C(C)=CC(N2CCOC[C@H]2C)N1CCCC(C)(C)C. The van der Waals surface area contributed by atoms with Gasteiger partial charge in [-0.15, -0.1) is 0 Å². The van der Waals surface area contributed by atoms with Gasteiger partial charge in [-0.05, 0) is 50.7 Å². The highest BCUT2D eigenvalue weighted by Crippen LogP contribution is 2.32. The average Bonchev–Trinajstić information content (AvgIpc) is 2.56. The Labute approximate surface area is 163 Å². The Balaban J connectivity index is 2.36. The van der Waals surface area contributed by atoms with Crippen molar-refractivity contribution in [3.05, 3.63) is 23.1 Å². The van der Waals surface area contributed by atoms with Crippen molar-refractivity contribution in [1.29, 1.82) is 0 Å². The number of carbonyl (C=O) groups is 1. The first kappa shape index (κ1) is 21.8. The maximum atomic E-state index is 11.9. The molecule has 0 aliphatic carbocycles. The Kier molecular flexibility index (Phi) is 7.34. The molecule has 2 rings (SSSR count). The molecule has 0 spiro atoms. The van der Waals surface area contributed by atoms with Gasteiger partial charge < -0.3 is 19.5 Å². The Morgan fingerprint density at radius 2 is 2.11 bits per heavy atom. The van der Waals surface area contributed by atoms with E-state index >= 15 is 0 Å². The van der Waals surface area contributed by atoms with Gasteiger partial charge in [-0.3, -0.25) is 4.90 Å². The summed E-state index contributed by atoms with van der Waals surface area (Å²) in [6.45, 7) is 16.1. The van der Waals surface area contributed by atoms with Crippen molar-refractivity contribution in [3.8, 4) is 0 Å². The third kappa shape index (κ3) is 5.48. The van der Waals surface area contributed by atoms with Crippen molar-refractivity contribution in [2.24, 2.45) is 5.41 Å². The number of aliphatic carboxylic acids is 1. The first-order chi connectivity index (χ1) is 12.7. The predicted molar refractivity (Wildman–Crippen MR) is 106 cm³/mol. The third-order valence-corrected chi connectivity index (χ3v) is 5.17. The van der Waals surface area contributed by atoms with E-state index in [0.717, 1.165) is 31.5 Å². The molecule has 2 aliphatic heterocycles. The molecule has 2 atom stereocenters. The van der Waals surface area contributed by atoms with Gasteiger partial charge >= 0.3 is 5.97 Å². The van der Waals surface area contributed by atoms with Crippen LogP contribution >= 0.6 is 0 Å². The molecule has 154 valence electrons. The second kappa shape index (κ2) is 9.11. The van der Waals surface area contributed by atoms with E-state index < -0.39 is 5.97 Å². The fourth-order valence-electron chi connectivity index (χ4n) is 3.80. The molecule has 0 saturated carbocycles. The zero-order valence-electron chi connectivity index (χ0n) is 17.7. The van der Waals surface area contributed by atoms with Gasteiger partial charge in [-0.25, -0.2) is 4.79 Å². The van der Waals surface area contributed by atoms with E-state index in [-0.39, 0.29) is 23.2 Å². The number of ether oxygens (including phenoxy) is 2. The molecule has 0 bridgehead atoms. The highest BCUT2D eigenvalue weighted by molar-refractivity contribution is 5.92. The van der Waals surface area contributed by atoms with Crippen LogP contribution in [-0.4, -0.2) is 66.0 Å². The van der Waals surface area contributed by atoms with Crippen LogP contribution in [0.4, 0.5) is 0 Å².